The van der Waals surface area contributed by atoms with E-state index >= 15 is 0 Å². The zero-order valence-corrected chi connectivity index (χ0v) is 17.4. The van der Waals surface area contributed by atoms with E-state index in [1.54, 1.807) is 7.11 Å². The average Bonchev–Trinajstić information content (AvgIpc) is 3.16. The maximum absolute atomic E-state index is 9.54. The van der Waals surface area contributed by atoms with E-state index in [4.69, 9.17) is 15.2 Å². The fraction of sp³-hybridized carbons (Fsp3) is 0.520. The quantitative estimate of drug-likeness (QED) is 0.744. The van der Waals surface area contributed by atoms with Gasteiger partial charge in [-0.1, -0.05) is 30.3 Å². The summed E-state index contributed by atoms with van der Waals surface area (Å²) in [5.74, 6) is 1.94. The number of rotatable bonds is 7. The number of ether oxygens (including phenoxy) is 2. The Kier molecular flexibility index (Phi) is 6.23. The van der Waals surface area contributed by atoms with Gasteiger partial charge >= 0.3 is 0 Å². The van der Waals surface area contributed by atoms with Crippen LogP contribution in [0.4, 0.5) is 0 Å². The van der Waals surface area contributed by atoms with Crippen LogP contribution in [-0.4, -0.2) is 31.0 Å². The summed E-state index contributed by atoms with van der Waals surface area (Å²) in [5.41, 5.74) is 11.4. The molecule has 4 heteroatoms. The third-order valence-electron chi connectivity index (χ3n) is 6.75. The first-order valence-corrected chi connectivity index (χ1v) is 10.8. The average molecular weight is 396 g/mol. The van der Waals surface area contributed by atoms with Crippen LogP contribution >= 0.6 is 0 Å². The number of hydrogen-bond donors (Lipinski definition) is 2. The summed E-state index contributed by atoms with van der Waals surface area (Å²) in [4.78, 5) is 0. The highest BCUT2D eigenvalue weighted by atomic mass is 16.5. The second-order valence-electron chi connectivity index (χ2n) is 8.96. The minimum atomic E-state index is -0.383. The number of aliphatic hydroxyl groups excluding tert-OH is 1. The van der Waals surface area contributed by atoms with Crippen LogP contribution in [0.1, 0.15) is 53.9 Å². The van der Waals surface area contributed by atoms with Gasteiger partial charge in [0.25, 0.3) is 0 Å². The molecular formula is C25H33NO3. The van der Waals surface area contributed by atoms with Crippen molar-refractivity contribution in [3.8, 4) is 5.75 Å². The van der Waals surface area contributed by atoms with Gasteiger partial charge in [-0.2, -0.15) is 0 Å². The number of methoxy groups -OCH3 is 1. The predicted molar refractivity (Wildman–Crippen MR) is 115 cm³/mol. The summed E-state index contributed by atoms with van der Waals surface area (Å²) in [6.45, 7) is 1.52. The van der Waals surface area contributed by atoms with Gasteiger partial charge in [-0.05, 0) is 84.7 Å². The summed E-state index contributed by atoms with van der Waals surface area (Å²) in [6.07, 6.45) is 6.28. The van der Waals surface area contributed by atoms with E-state index in [1.165, 1.54) is 23.1 Å². The second kappa shape index (κ2) is 8.86. The normalized spacial score (nSPS) is 26.3. The van der Waals surface area contributed by atoms with E-state index in [-0.39, 0.29) is 12.1 Å². The van der Waals surface area contributed by atoms with E-state index < -0.39 is 0 Å². The zero-order valence-electron chi connectivity index (χ0n) is 17.4. The Morgan fingerprint density at radius 2 is 2.03 bits per heavy atom. The van der Waals surface area contributed by atoms with E-state index in [0.717, 1.165) is 50.0 Å². The summed E-state index contributed by atoms with van der Waals surface area (Å²) in [6, 6.07) is 15.1. The molecule has 2 aliphatic carbocycles. The van der Waals surface area contributed by atoms with Crippen molar-refractivity contribution in [2.24, 2.45) is 11.7 Å². The van der Waals surface area contributed by atoms with Gasteiger partial charge < -0.3 is 20.3 Å². The summed E-state index contributed by atoms with van der Waals surface area (Å²) in [7, 11) is 1.69. The molecule has 3 atom stereocenters. The van der Waals surface area contributed by atoms with E-state index in [9.17, 15) is 5.11 Å². The van der Waals surface area contributed by atoms with Gasteiger partial charge in [0.1, 0.15) is 5.75 Å². The Bertz CT molecular complexity index is 837. The molecule has 156 valence electrons. The van der Waals surface area contributed by atoms with Crippen LogP contribution in [0, 0.1) is 5.92 Å². The number of fused-ring (bicyclic) bond motifs is 1. The number of aliphatic hydroxyl groups is 1. The molecule has 0 aliphatic heterocycles. The van der Waals surface area contributed by atoms with Gasteiger partial charge in [0.15, 0.2) is 0 Å². The fourth-order valence-electron chi connectivity index (χ4n) is 4.94. The van der Waals surface area contributed by atoms with Gasteiger partial charge in [-0.15, -0.1) is 0 Å². The molecule has 0 heterocycles. The molecule has 0 saturated heterocycles. The third-order valence-corrected chi connectivity index (χ3v) is 6.75. The van der Waals surface area contributed by atoms with Crippen LogP contribution < -0.4 is 10.5 Å². The molecule has 1 unspecified atom stereocenters. The molecule has 2 aromatic carbocycles. The van der Waals surface area contributed by atoms with Crippen molar-refractivity contribution in [1.29, 1.82) is 0 Å². The molecule has 0 bridgehead atoms. The number of nitrogens with two attached hydrogens (primary N) is 1. The molecule has 4 nitrogen and oxygen atoms in total. The fourth-order valence-corrected chi connectivity index (χ4v) is 4.94. The summed E-state index contributed by atoms with van der Waals surface area (Å²) in [5, 5.41) is 9.54. The number of hydrogen-bond acceptors (Lipinski definition) is 4. The minimum absolute atomic E-state index is 0.0892. The summed E-state index contributed by atoms with van der Waals surface area (Å²) < 4.78 is 11.3. The Labute approximate surface area is 174 Å². The van der Waals surface area contributed by atoms with Crippen molar-refractivity contribution in [3.63, 3.8) is 0 Å². The molecule has 1 fully saturated rings. The molecule has 1 saturated carbocycles. The lowest BCUT2D eigenvalue weighted by Gasteiger charge is -2.26. The van der Waals surface area contributed by atoms with Crippen molar-refractivity contribution in [3.05, 3.63) is 64.7 Å². The lowest BCUT2D eigenvalue weighted by Crippen LogP contribution is -2.40. The second-order valence-corrected chi connectivity index (χ2v) is 8.96. The van der Waals surface area contributed by atoms with E-state index in [1.807, 2.05) is 18.2 Å². The molecule has 2 aromatic rings. The van der Waals surface area contributed by atoms with Gasteiger partial charge in [0.05, 0.1) is 26.9 Å². The molecule has 0 radical (unpaired) electrons. The van der Waals surface area contributed by atoms with Gasteiger partial charge in [-0.3, -0.25) is 0 Å². The highest BCUT2D eigenvalue weighted by Gasteiger charge is 2.36. The Morgan fingerprint density at radius 3 is 2.83 bits per heavy atom. The maximum Gasteiger partial charge on any atom is 0.119 e. The van der Waals surface area contributed by atoms with Crippen molar-refractivity contribution >= 4 is 0 Å². The molecule has 3 N–H and O–H groups in total. The maximum atomic E-state index is 9.54. The highest BCUT2D eigenvalue weighted by Crippen LogP contribution is 2.40. The third kappa shape index (κ3) is 4.82. The number of benzene rings is 2. The molecule has 0 aromatic heterocycles. The predicted octanol–water partition coefficient (Wildman–Crippen LogP) is 3.97. The standard InChI is InChI=1S/C25H33NO3/c1-28-24-4-2-3-18(12-24)15-29-16-19-5-6-21-13-22(8-7-20(21)11-19)23-9-10-25(26,14-23)17-27/h2-4,7-8,12-13,19,23,27H,5-6,9-11,14-17,26H2,1H3/t19?,23-,25+/m0/s1. The largest absolute Gasteiger partial charge is 0.497 e. The van der Waals surface area contributed by atoms with Crippen LogP contribution in [0.15, 0.2) is 42.5 Å². The monoisotopic (exact) mass is 395 g/mol. The summed E-state index contributed by atoms with van der Waals surface area (Å²) >= 11 is 0. The Morgan fingerprint density at radius 1 is 1.14 bits per heavy atom. The van der Waals surface area contributed by atoms with Crippen LogP contribution in [0.5, 0.6) is 5.75 Å². The molecule has 0 amide bonds. The topological polar surface area (TPSA) is 64.7 Å². The SMILES string of the molecule is COc1cccc(COCC2CCc3cc([C@H]4CC[C@](N)(CO)C4)ccc3C2)c1. The molecule has 2 aliphatic rings. The first-order chi connectivity index (χ1) is 14.1. The number of aryl methyl sites for hydroxylation is 1. The van der Waals surface area contributed by atoms with Gasteiger partial charge in [0.2, 0.25) is 0 Å². The Balaban J connectivity index is 1.31. The van der Waals surface area contributed by atoms with Crippen LogP contribution in [0.3, 0.4) is 0 Å². The van der Waals surface area contributed by atoms with Crippen molar-refractivity contribution in [2.45, 2.75) is 56.6 Å². The van der Waals surface area contributed by atoms with Crippen LogP contribution in [0.25, 0.3) is 0 Å². The van der Waals surface area contributed by atoms with Crippen molar-refractivity contribution in [1.82, 2.24) is 0 Å². The molecule has 29 heavy (non-hydrogen) atoms. The van der Waals surface area contributed by atoms with Crippen LogP contribution in [-0.2, 0) is 24.2 Å². The minimum Gasteiger partial charge on any atom is -0.497 e. The van der Waals surface area contributed by atoms with Crippen molar-refractivity contribution in [2.75, 3.05) is 20.3 Å². The zero-order chi connectivity index (χ0) is 20.3. The van der Waals surface area contributed by atoms with Gasteiger partial charge in [-0.25, -0.2) is 0 Å². The molecule has 0 spiro atoms. The first kappa shape index (κ1) is 20.4. The first-order valence-electron chi connectivity index (χ1n) is 10.8. The van der Waals surface area contributed by atoms with E-state index in [2.05, 4.69) is 24.3 Å². The van der Waals surface area contributed by atoms with Gasteiger partial charge in [0, 0.05) is 5.54 Å². The van der Waals surface area contributed by atoms with Crippen molar-refractivity contribution < 1.29 is 14.6 Å². The smallest absolute Gasteiger partial charge is 0.119 e. The van der Waals surface area contributed by atoms with Crippen LogP contribution in [0.2, 0.25) is 0 Å². The Hall–Kier alpha value is -1.88. The highest BCUT2D eigenvalue weighted by molar-refractivity contribution is 5.36. The lowest BCUT2D eigenvalue weighted by molar-refractivity contribution is 0.0822. The molecular weight excluding hydrogens is 362 g/mol. The molecule has 4 rings (SSSR count). The lowest BCUT2D eigenvalue weighted by atomic mass is 9.82. The van der Waals surface area contributed by atoms with E-state index in [0.29, 0.717) is 18.4 Å².